The Morgan fingerprint density at radius 1 is 1.29 bits per heavy atom. The van der Waals surface area contributed by atoms with Crippen molar-refractivity contribution in [2.75, 3.05) is 25.5 Å². The lowest BCUT2D eigenvalue weighted by Gasteiger charge is -2.03. The third kappa shape index (κ3) is 4.09. The number of thioether (sulfide) groups is 1. The SMILES string of the molecule is NCCOCCSc1ccccc1F. The van der Waals surface area contributed by atoms with E-state index in [4.69, 9.17) is 10.5 Å². The molecule has 1 aromatic rings. The summed E-state index contributed by atoms with van der Waals surface area (Å²) < 4.78 is 18.3. The molecule has 0 atom stereocenters. The zero-order valence-electron chi connectivity index (χ0n) is 7.91. The van der Waals surface area contributed by atoms with Gasteiger partial charge in [-0.2, -0.15) is 0 Å². The van der Waals surface area contributed by atoms with Crippen molar-refractivity contribution in [1.82, 2.24) is 0 Å². The first-order valence-electron chi connectivity index (χ1n) is 4.49. The quantitative estimate of drug-likeness (QED) is 0.581. The van der Waals surface area contributed by atoms with Crippen molar-refractivity contribution in [3.05, 3.63) is 30.1 Å². The smallest absolute Gasteiger partial charge is 0.136 e. The Hall–Kier alpha value is -0.580. The van der Waals surface area contributed by atoms with Crippen LogP contribution in [0.3, 0.4) is 0 Å². The van der Waals surface area contributed by atoms with E-state index >= 15 is 0 Å². The molecule has 0 radical (unpaired) electrons. The molecular formula is C10H14FNOS. The highest BCUT2D eigenvalue weighted by atomic mass is 32.2. The largest absolute Gasteiger partial charge is 0.379 e. The van der Waals surface area contributed by atoms with E-state index in [1.54, 1.807) is 12.1 Å². The van der Waals surface area contributed by atoms with Crippen LogP contribution in [0.1, 0.15) is 0 Å². The van der Waals surface area contributed by atoms with Gasteiger partial charge in [-0.3, -0.25) is 0 Å². The fourth-order valence-electron chi connectivity index (χ4n) is 0.958. The lowest BCUT2D eigenvalue weighted by molar-refractivity contribution is 0.158. The molecule has 78 valence electrons. The molecule has 0 saturated heterocycles. The van der Waals surface area contributed by atoms with Gasteiger partial charge in [0.2, 0.25) is 0 Å². The van der Waals surface area contributed by atoms with Gasteiger partial charge >= 0.3 is 0 Å². The lowest BCUT2D eigenvalue weighted by Crippen LogP contribution is -2.09. The first kappa shape index (κ1) is 11.5. The molecule has 0 aliphatic rings. The summed E-state index contributed by atoms with van der Waals surface area (Å²) in [6.07, 6.45) is 0. The molecule has 0 aromatic heterocycles. The van der Waals surface area contributed by atoms with Crippen molar-refractivity contribution >= 4 is 11.8 Å². The lowest BCUT2D eigenvalue weighted by atomic mass is 10.3. The molecule has 0 fully saturated rings. The highest BCUT2D eigenvalue weighted by molar-refractivity contribution is 7.99. The number of hydrogen-bond acceptors (Lipinski definition) is 3. The number of hydrogen-bond donors (Lipinski definition) is 1. The van der Waals surface area contributed by atoms with Crippen LogP contribution in [0, 0.1) is 5.82 Å². The molecule has 0 heterocycles. The zero-order chi connectivity index (χ0) is 10.2. The Kier molecular flexibility index (Phi) is 5.59. The molecule has 2 N–H and O–H groups in total. The van der Waals surface area contributed by atoms with Gasteiger partial charge in [0.25, 0.3) is 0 Å². The maximum atomic E-state index is 13.1. The van der Waals surface area contributed by atoms with Crippen molar-refractivity contribution in [2.45, 2.75) is 4.90 Å². The molecule has 0 amide bonds. The molecule has 0 saturated carbocycles. The molecule has 0 spiro atoms. The highest BCUT2D eigenvalue weighted by Gasteiger charge is 1.99. The van der Waals surface area contributed by atoms with Gasteiger partial charge < -0.3 is 10.5 Å². The van der Waals surface area contributed by atoms with Crippen LogP contribution in [0.25, 0.3) is 0 Å². The van der Waals surface area contributed by atoms with Gasteiger partial charge in [-0.1, -0.05) is 12.1 Å². The minimum Gasteiger partial charge on any atom is -0.379 e. The van der Waals surface area contributed by atoms with Crippen LogP contribution >= 0.6 is 11.8 Å². The average molecular weight is 215 g/mol. The first-order chi connectivity index (χ1) is 6.84. The van der Waals surface area contributed by atoms with Crippen LogP contribution in [0.15, 0.2) is 29.2 Å². The second-order valence-electron chi connectivity index (χ2n) is 2.68. The molecule has 1 aromatic carbocycles. The van der Waals surface area contributed by atoms with Gasteiger partial charge in [-0.15, -0.1) is 11.8 Å². The van der Waals surface area contributed by atoms with Crippen molar-refractivity contribution in [3.8, 4) is 0 Å². The third-order valence-corrected chi connectivity index (χ3v) is 2.60. The Labute approximate surface area is 87.6 Å². The maximum absolute atomic E-state index is 13.1. The Morgan fingerprint density at radius 3 is 2.79 bits per heavy atom. The predicted octanol–water partition coefficient (Wildman–Crippen LogP) is 1.89. The molecule has 14 heavy (non-hydrogen) atoms. The number of halogens is 1. The standard InChI is InChI=1S/C10H14FNOS/c11-9-3-1-2-4-10(9)14-8-7-13-6-5-12/h1-4H,5-8,12H2. The van der Waals surface area contributed by atoms with Gasteiger partial charge in [0.15, 0.2) is 0 Å². The molecule has 0 aliphatic heterocycles. The van der Waals surface area contributed by atoms with E-state index in [0.717, 1.165) is 5.75 Å². The van der Waals surface area contributed by atoms with Crippen molar-refractivity contribution < 1.29 is 9.13 Å². The number of ether oxygens (including phenoxy) is 1. The molecule has 0 aliphatic carbocycles. The summed E-state index contributed by atoms with van der Waals surface area (Å²) in [6, 6.07) is 6.74. The van der Waals surface area contributed by atoms with Crippen LogP contribution in [-0.2, 0) is 4.74 Å². The monoisotopic (exact) mass is 215 g/mol. The number of rotatable bonds is 6. The van der Waals surface area contributed by atoms with Gasteiger partial charge in [-0.05, 0) is 12.1 Å². The summed E-state index contributed by atoms with van der Waals surface area (Å²) in [5.41, 5.74) is 5.25. The summed E-state index contributed by atoms with van der Waals surface area (Å²) in [5, 5.41) is 0. The van der Waals surface area contributed by atoms with E-state index in [9.17, 15) is 4.39 Å². The van der Waals surface area contributed by atoms with Crippen LogP contribution in [-0.4, -0.2) is 25.5 Å². The summed E-state index contributed by atoms with van der Waals surface area (Å²) >= 11 is 1.46. The van der Waals surface area contributed by atoms with Crippen LogP contribution < -0.4 is 5.73 Å². The fraction of sp³-hybridized carbons (Fsp3) is 0.400. The number of nitrogens with two attached hydrogens (primary N) is 1. The normalized spacial score (nSPS) is 10.4. The summed E-state index contributed by atoms with van der Waals surface area (Å²) in [6.45, 7) is 1.71. The van der Waals surface area contributed by atoms with Crippen molar-refractivity contribution in [1.29, 1.82) is 0 Å². The zero-order valence-corrected chi connectivity index (χ0v) is 8.73. The summed E-state index contributed by atoms with van der Waals surface area (Å²) in [7, 11) is 0. The molecule has 2 nitrogen and oxygen atoms in total. The second kappa shape index (κ2) is 6.81. The van der Waals surface area contributed by atoms with Crippen LogP contribution in [0.2, 0.25) is 0 Å². The molecular weight excluding hydrogens is 201 g/mol. The van der Waals surface area contributed by atoms with Gasteiger partial charge in [-0.25, -0.2) is 4.39 Å². The maximum Gasteiger partial charge on any atom is 0.136 e. The van der Waals surface area contributed by atoms with Crippen molar-refractivity contribution in [2.24, 2.45) is 5.73 Å². The van der Waals surface area contributed by atoms with Gasteiger partial charge in [0, 0.05) is 17.2 Å². The third-order valence-electron chi connectivity index (χ3n) is 1.58. The van der Waals surface area contributed by atoms with E-state index in [1.807, 2.05) is 6.07 Å². The van der Waals surface area contributed by atoms with E-state index in [1.165, 1.54) is 17.8 Å². The Balaban J connectivity index is 2.21. The average Bonchev–Trinajstić information content (AvgIpc) is 2.20. The number of benzene rings is 1. The predicted molar refractivity (Wildman–Crippen MR) is 57.0 cm³/mol. The Bertz CT molecular complexity index is 270. The van der Waals surface area contributed by atoms with Crippen LogP contribution in [0.5, 0.6) is 0 Å². The summed E-state index contributed by atoms with van der Waals surface area (Å²) in [5.74, 6) is 0.581. The van der Waals surface area contributed by atoms with Crippen molar-refractivity contribution in [3.63, 3.8) is 0 Å². The summed E-state index contributed by atoms with van der Waals surface area (Å²) in [4.78, 5) is 0.670. The van der Waals surface area contributed by atoms with E-state index in [0.29, 0.717) is 24.7 Å². The molecule has 0 unspecified atom stereocenters. The molecule has 4 heteroatoms. The van der Waals surface area contributed by atoms with Gasteiger partial charge in [0.05, 0.1) is 13.2 Å². The molecule has 1 rings (SSSR count). The van der Waals surface area contributed by atoms with E-state index < -0.39 is 0 Å². The minimum absolute atomic E-state index is 0.170. The topological polar surface area (TPSA) is 35.2 Å². The second-order valence-corrected chi connectivity index (χ2v) is 3.82. The minimum atomic E-state index is -0.170. The fourth-order valence-corrected chi connectivity index (χ4v) is 1.76. The van der Waals surface area contributed by atoms with E-state index in [2.05, 4.69) is 0 Å². The van der Waals surface area contributed by atoms with Gasteiger partial charge in [0.1, 0.15) is 5.82 Å². The first-order valence-corrected chi connectivity index (χ1v) is 5.48. The molecule has 0 bridgehead atoms. The Morgan fingerprint density at radius 2 is 2.07 bits per heavy atom. The highest BCUT2D eigenvalue weighted by Crippen LogP contribution is 2.20. The van der Waals surface area contributed by atoms with Crippen LogP contribution in [0.4, 0.5) is 4.39 Å². The van der Waals surface area contributed by atoms with E-state index in [-0.39, 0.29) is 5.82 Å².